The van der Waals surface area contributed by atoms with Crippen LogP contribution >= 0.6 is 0 Å². The van der Waals surface area contributed by atoms with Crippen LogP contribution < -0.4 is 0 Å². The summed E-state index contributed by atoms with van der Waals surface area (Å²) in [7, 11) is 0. The molecule has 0 heterocycles. The Balaban J connectivity index is 0.00000106. The van der Waals surface area contributed by atoms with Crippen molar-refractivity contribution in [2.45, 2.75) is 20.5 Å². The minimum absolute atomic E-state index is 0.312. The maximum atomic E-state index is 12.8. The number of aliphatic hydroxyl groups excluding tert-OH is 1. The van der Waals surface area contributed by atoms with E-state index in [2.05, 4.69) is 0 Å². The fourth-order valence-corrected chi connectivity index (χ4v) is 1.77. The van der Waals surface area contributed by atoms with E-state index in [4.69, 9.17) is 5.26 Å². The smallest absolute Gasteiger partial charge is 0.193 e. The molecular weight excluding hydrogens is 269 g/mol. The highest BCUT2D eigenvalue weighted by Gasteiger charge is 2.13. The largest absolute Gasteiger partial charge is 0.392 e. The predicted molar refractivity (Wildman–Crippen MR) is 78.3 cm³/mol. The van der Waals surface area contributed by atoms with Crippen LogP contribution in [0.1, 0.15) is 40.9 Å². The molecule has 3 nitrogen and oxygen atoms in total. The van der Waals surface area contributed by atoms with Gasteiger partial charge in [0.05, 0.1) is 18.2 Å². The second-order valence-corrected chi connectivity index (χ2v) is 3.98. The van der Waals surface area contributed by atoms with Crippen molar-refractivity contribution in [3.63, 3.8) is 0 Å². The van der Waals surface area contributed by atoms with Crippen molar-refractivity contribution in [1.82, 2.24) is 0 Å². The van der Waals surface area contributed by atoms with Crippen LogP contribution in [0.15, 0.2) is 42.5 Å². The molecule has 2 rings (SSSR count). The maximum absolute atomic E-state index is 12.8. The summed E-state index contributed by atoms with van der Waals surface area (Å²) < 4.78 is 12.8. The summed E-state index contributed by atoms with van der Waals surface area (Å²) in [6.45, 7) is 3.66. The average molecular weight is 285 g/mol. The number of ketones is 1. The zero-order chi connectivity index (χ0) is 15.8. The van der Waals surface area contributed by atoms with Crippen molar-refractivity contribution >= 4 is 5.78 Å². The fourth-order valence-electron chi connectivity index (χ4n) is 1.77. The number of carbonyl (C=O) groups excluding carboxylic acids is 1. The molecule has 4 heteroatoms. The van der Waals surface area contributed by atoms with Crippen LogP contribution in [0.5, 0.6) is 0 Å². The lowest BCUT2D eigenvalue weighted by atomic mass is 9.97. The Kier molecular flexibility index (Phi) is 6.25. The molecule has 2 aromatic carbocycles. The van der Waals surface area contributed by atoms with Crippen LogP contribution in [0.25, 0.3) is 0 Å². The van der Waals surface area contributed by atoms with Crippen LogP contribution in [0.2, 0.25) is 0 Å². The summed E-state index contributed by atoms with van der Waals surface area (Å²) >= 11 is 0. The number of hydrogen-bond acceptors (Lipinski definition) is 3. The van der Waals surface area contributed by atoms with Gasteiger partial charge in [-0.2, -0.15) is 5.26 Å². The van der Waals surface area contributed by atoms with Crippen molar-refractivity contribution in [2.24, 2.45) is 0 Å². The highest BCUT2D eigenvalue weighted by atomic mass is 19.1. The molecular formula is C17H16FNO2. The SMILES string of the molecule is CC.N#Cc1ccc(C(=O)c2ccc(F)cc2)c(CO)c1. The molecule has 2 aromatic rings. The highest BCUT2D eigenvalue weighted by molar-refractivity contribution is 6.09. The molecule has 0 atom stereocenters. The Morgan fingerprint density at radius 2 is 1.81 bits per heavy atom. The molecule has 108 valence electrons. The second kappa shape index (κ2) is 7.93. The van der Waals surface area contributed by atoms with Gasteiger partial charge >= 0.3 is 0 Å². The maximum Gasteiger partial charge on any atom is 0.193 e. The van der Waals surface area contributed by atoms with Gasteiger partial charge in [-0.05, 0) is 48.0 Å². The Bertz CT molecular complexity index is 657. The van der Waals surface area contributed by atoms with Crippen molar-refractivity contribution in [3.05, 3.63) is 70.5 Å². The van der Waals surface area contributed by atoms with Crippen molar-refractivity contribution in [2.75, 3.05) is 0 Å². The zero-order valence-electron chi connectivity index (χ0n) is 11.9. The van der Waals surface area contributed by atoms with E-state index in [0.29, 0.717) is 22.3 Å². The average Bonchev–Trinajstić information content (AvgIpc) is 2.56. The van der Waals surface area contributed by atoms with Crippen LogP contribution in [-0.2, 0) is 6.61 Å². The molecule has 0 aliphatic heterocycles. The molecule has 1 N–H and O–H groups in total. The lowest BCUT2D eigenvalue weighted by Gasteiger charge is -2.07. The molecule has 0 aliphatic rings. The van der Waals surface area contributed by atoms with Gasteiger partial charge in [-0.15, -0.1) is 0 Å². The van der Waals surface area contributed by atoms with E-state index in [1.165, 1.54) is 42.5 Å². The number of nitrogens with zero attached hydrogens (tertiary/aromatic N) is 1. The molecule has 0 aromatic heterocycles. The lowest BCUT2D eigenvalue weighted by molar-refractivity contribution is 0.103. The molecule has 0 aliphatic carbocycles. The van der Waals surface area contributed by atoms with E-state index in [-0.39, 0.29) is 12.4 Å². The summed E-state index contributed by atoms with van der Waals surface area (Å²) in [5, 5.41) is 18.0. The van der Waals surface area contributed by atoms with Gasteiger partial charge in [0, 0.05) is 11.1 Å². The first-order valence-electron chi connectivity index (χ1n) is 6.60. The third-order valence-corrected chi connectivity index (χ3v) is 2.76. The van der Waals surface area contributed by atoms with Crippen LogP contribution in [0, 0.1) is 17.1 Å². The highest BCUT2D eigenvalue weighted by Crippen LogP contribution is 2.17. The first-order chi connectivity index (χ1) is 10.2. The van der Waals surface area contributed by atoms with Crippen LogP contribution in [0.4, 0.5) is 4.39 Å². The molecule has 0 radical (unpaired) electrons. The lowest BCUT2D eigenvalue weighted by Crippen LogP contribution is -2.06. The van der Waals surface area contributed by atoms with E-state index in [9.17, 15) is 14.3 Å². The van der Waals surface area contributed by atoms with Crippen molar-refractivity contribution in [1.29, 1.82) is 5.26 Å². The standard InChI is InChI=1S/C15H10FNO2.C2H6/c16-13-4-2-11(3-5-13)15(19)14-6-1-10(8-17)7-12(14)9-18;1-2/h1-7,18H,9H2;1-2H3. The molecule has 0 fully saturated rings. The van der Waals surface area contributed by atoms with Gasteiger partial charge in [0.15, 0.2) is 5.78 Å². The van der Waals surface area contributed by atoms with E-state index in [1.54, 1.807) is 0 Å². The summed E-state index contributed by atoms with van der Waals surface area (Å²) in [5.74, 6) is -0.729. The zero-order valence-corrected chi connectivity index (χ0v) is 11.9. The summed E-state index contributed by atoms with van der Waals surface area (Å²) in [4.78, 5) is 12.2. The minimum Gasteiger partial charge on any atom is -0.392 e. The fraction of sp³-hybridized carbons (Fsp3) is 0.176. The number of rotatable bonds is 3. The Labute approximate surface area is 123 Å². The first-order valence-corrected chi connectivity index (χ1v) is 6.60. The third-order valence-electron chi connectivity index (χ3n) is 2.76. The summed E-state index contributed by atoms with van der Waals surface area (Å²) in [6, 6.07) is 11.6. The summed E-state index contributed by atoms with van der Waals surface area (Å²) in [5.41, 5.74) is 1.40. The number of halogens is 1. The van der Waals surface area contributed by atoms with E-state index in [0.717, 1.165) is 0 Å². The van der Waals surface area contributed by atoms with Gasteiger partial charge in [-0.3, -0.25) is 4.79 Å². The quantitative estimate of drug-likeness (QED) is 0.879. The van der Waals surface area contributed by atoms with Crippen molar-refractivity contribution < 1.29 is 14.3 Å². The van der Waals surface area contributed by atoms with Gasteiger partial charge in [0.1, 0.15) is 5.82 Å². The summed E-state index contributed by atoms with van der Waals surface area (Å²) in [6.07, 6.45) is 0. The van der Waals surface area contributed by atoms with E-state index < -0.39 is 5.82 Å². The molecule has 21 heavy (non-hydrogen) atoms. The third kappa shape index (κ3) is 3.98. The van der Waals surface area contributed by atoms with Crippen LogP contribution in [-0.4, -0.2) is 10.9 Å². The molecule has 0 spiro atoms. The second-order valence-electron chi connectivity index (χ2n) is 3.98. The number of aliphatic hydroxyl groups is 1. The number of carbonyl (C=O) groups is 1. The molecule has 0 saturated carbocycles. The van der Waals surface area contributed by atoms with Gasteiger partial charge in [-0.1, -0.05) is 13.8 Å². The minimum atomic E-state index is -0.418. The number of nitriles is 1. The normalized spacial score (nSPS) is 9.29. The topological polar surface area (TPSA) is 61.1 Å². The van der Waals surface area contributed by atoms with E-state index >= 15 is 0 Å². The molecule has 0 bridgehead atoms. The Hall–Kier alpha value is -2.51. The number of benzene rings is 2. The molecule has 0 unspecified atom stereocenters. The van der Waals surface area contributed by atoms with Gasteiger partial charge in [0.25, 0.3) is 0 Å². The van der Waals surface area contributed by atoms with Gasteiger partial charge < -0.3 is 5.11 Å². The molecule has 0 amide bonds. The van der Waals surface area contributed by atoms with Crippen LogP contribution in [0.3, 0.4) is 0 Å². The Morgan fingerprint density at radius 1 is 1.19 bits per heavy atom. The molecule has 0 saturated heterocycles. The van der Waals surface area contributed by atoms with Crippen molar-refractivity contribution in [3.8, 4) is 6.07 Å². The Morgan fingerprint density at radius 3 is 2.33 bits per heavy atom. The predicted octanol–water partition coefficient (Wildman–Crippen LogP) is 3.45. The van der Waals surface area contributed by atoms with Gasteiger partial charge in [0.2, 0.25) is 0 Å². The van der Waals surface area contributed by atoms with E-state index in [1.807, 2.05) is 19.9 Å². The monoisotopic (exact) mass is 285 g/mol. The first kappa shape index (κ1) is 16.5. The number of hydrogen-bond donors (Lipinski definition) is 1. The van der Waals surface area contributed by atoms with Gasteiger partial charge in [-0.25, -0.2) is 4.39 Å².